The lowest BCUT2D eigenvalue weighted by Crippen LogP contribution is -2.52. The first-order chi connectivity index (χ1) is 9.89. The van der Waals surface area contributed by atoms with E-state index in [4.69, 9.17) is 9.84 Å². The molecule has 1 unspecified atom stereocenters. The van der Waals surface area contributed by atoms with Crippen LogP contribution in [0.15, 0.2) is 12.1 Å². The van der Waals surface area contributed by atoms with Crippen molar-refractivity contribution in [2.45, 2.75) is 44.4 Å². The van der Waals surface area contributed by atoms with Crippen molar-refractivity contribution < 1.29 is 32.5 Å². The quantitative estimate of drug-likeness (QED) is 0.818. The molecule has 126 valence electrons. The third-order valence-electron chi connectivity index (χ3n) is 3.75. The van der Waals surface area contributed by atoms with Gasteiger partial charge >= 0.3 is 6.18 Å². The van der Waals surface area contributed by atoms with Crippen LogP contribution in [0, 0.1) is 12.7 Å². The second kappa shape index (κ2) is 6.04. The van der Waals surface area contributed by atoms with E-state index in [1.165, 1.54) is 40.0 Å². The first-order valence-corrected chi connectivity index (χ1v) is 6.63. The molecule has 0 fully saturated rings. The highest BCUT2D eigenvalue weighted by atomic mass is 19.4. The summed E-state index contributed by atoms with van der Waals surface area (Å²) in [5.41, 5.74) is -4.07. The molecular formula is C15H20F4O3. The number of hydrogen-bond acceptors (Lipinski definition) is 3. The van der Waals surface area contributed by atoms with Gasteiger partial charge in [-0.05, 0) is 24.3 Å². The van der Waals surface area contributed by atoms with Crippen molar-refractivity contribution in [3.63, 3.8) is 0 Å². The fourth-order valence-electron chi connectivity index (χ4n) is 2.46. The molecule has 0 spiro atoms. The molecule has 1 aromatic carbocycles. The minimum Gasteiger partial charge on any atom is -0.493 e. The van der Waals surface area contributed by atoms with E-state index in [0.717, 1.165) is 0 Å². The third-order valence-corrected chi connectivity index (χ3v) is 3.75. The van der Waals surface area contributed by atoms with E-state index in [1.54, 1.807) is 0 Å². The van der Waals surface area contributed by atoms with Gasteiger partial charge in [-0.1, -0.05) is 26.0 Å². The Labute approximate surface area is 126 Å². The zero-order valence-corrected chi connectivity index (χ0v) is 12.9. The molecule has 0 bridgehead atoms. The standard InChI is InChI=1S/C15H20F4O3/c1-9-5-6-10(12(22-4)11(9)16)13(2,3)7-14(21,8-20)15(17,18)19/h5-6,20-21H,7-8H2,1-4H3. The van der Waals surface area contributed by atoms with Gasteiger partial charge in [-0.2, -0.15) is 13.2 Å². The van der Waals surface area contributed by atoms with Gasteiger partial charge in [0.15, 0.2) is 17.2 Å². The summed E-state index contributed by atoms with van der Waals surface area (Å²) in [6, 6.07) is 2.89. The Hall–Kier alpha value is -1.34. The number of benzene rings is 1. The van der Waals surface area contributed by atoms with E-state index in [0.29, 0.717) is 5.56 Å². The highest BCUT2D eigenvalue weighted by molar-refractivity contribution is 5.43. The van der Waals surface area contributed by atoms with E-state index in [2.05, 4.69) is 0 Å². The van der Waals surface area contributed by atoms with Crippen LogP contribution in [0.2, 0.25) is 0 Å². The predicted octanol–water partition coefficient (Wildman–Crippen LogP) is 3.10. The Morgan fingerprint density at radius 3 is 2.14 bits per heavy atom. The Kier molecular flexibility index (Phi) is 5.14. The maximum Gasteiger partial charge on any atom is 0.419 e. The SMILES string of the molecule is COc1c(C(C)(C)CC(O)(CO)C(F)(F)F)ccc(C)c1F. The second-order valence-corrected chi connectivity index (χ2v) is 6.03. The normalized spacial score (nSPS) is 15.5. The first kappa shape index (κ1) is 18.7. The monoisotopic (exact) mass is 324 g/mol. The minimum atomic E-state index is -5.00. The number of hydrogen-bond donors (Lipinski definition) is 2. The van der Waals surface area contributed by atoms with Gasteiger partial charge in [-0.25, -0.2) is 4.39 Å². The third kappa shape index (κ3) is 3.35. The first-order valence-electron chi connectivity index (χ1n) is 6.63. The molecule has 0 aliphatic carbocycles. The van der Waals surface area contributed by atoms with Crippen molar-refractivity contribution in [2.24, 2.45) is 0 Å². The Balaban J connectivity index is 3.34. The molecule has 0 aliphatic rings. The van der Waals surface area contributed by atoms with Gasteiger partial charge < -0.3 is 14.9 Å². The van der Waals surface area contributed by atoms with E-state index >= 15 is 0 Å². The van der Waals surface area contributed by atoms with Crippen LogP contribution in [0.5, 0.6) is 5.75 Å². The lowest BCUT2D eigenvalue weighted by Gasteiger charge is -2.37. The summed E-state index contributed by atoms with van der Waals surface area (Å²) in [5, 5.41) is 18.7. The van der Waals surface area contributed by atoms with Gasteiger partial charge in [0.2, 0.25) is 0 Å². The molecule has 2 N–H and O–H groups in total. The topological polar surface area (TPSA) is 49.7 Å². The molecule has 3 nitrogen and oxygen atoms in total. The molecule has 0 aliphatic heterocycles. The van der Waals surface area contributed by atoms with Crippen molar-refractivity contribution in [1.29, 1.82) is 0 Å². The fourth-order valence-corrected chi connectivity index (χ4v) is 2.46. The molecule has 1 aromatic rings. The largest absolute Gasteiger partial charge is 0.493 e. The van der Waals surface area contributed by atoms with Crippen molar-refractivity contribution in [2.75, 3.05) is 13.7 Å². The van der Waals surface area contributed by atoms with Crippen LogP contribution in [0.25, 0.3) is 0 Å². The Morgan fingerprint density at radius 1 is 1.18 bits per heavy atom. The molecular weight excluding hydrogens is 304 g/mol. The molecule has 0 amide bonds. The molecule has 7 heteroatoms. The van der Waals surface area contributed by atoms with Crippen LogP contribution in [0.1, 0.15) is 31.4 Å². The summed E-state index contributed by atoms with van der Waals surface area (Å²) in [6.45, 7) is 2.88. The number of alkyl halides is 3. The Bertz CT molecular complexity index is 540. The highest BCUT2D eigenvalue weighted by Crippen LogP contribution is 2.44. The average molecular weight is 324 g/mol. The van der Waals surface area contributed by atoms with Gasteiger partial charge in [0, 0.05) is 5.56 Å². The van der Waals surface area contributed by atoms with E-state index in [1.807, 2.05) is 0 Å². The number of rotatable bonds is 5. The summed E-state index contributed by atoms with van der Waals surface area (Å²) in [7, 11) is 1.22. The second-order valence-electron chi connectivity index (χ2n) is 6.03. The van der Waals surface area contributed by atoms with Crippen LogP contribution < -0.4 is 4.74 Å². The van der Waals surface area contributed by atoms with E-state index in [-0.39, 0.29) is 11.3 Å². The van der Waals surface area contributed by atoms with Gasteiger partial charge in [0.25, 0.3) is 0 Å². The summed E-state index contributed by atoms with van der Waals surface area (Å²) in [4.78, 5) is 0. The summed E-state index contributed by atoms with van der Waals surface area (Å²) in [5.74, 6) is -0.819. The predicted molar refractivity (Wildman–Crippen MR) is 73.4 cm³/mol. The zero-order chi connectivity index (χ0) is 17.3. The summed E-state index contributed by atoms with van der Waals surface area (Å²) >= 11 is 0. The van der Waals surface area contributed by atoms with Crippen LogP contribution in [0.3, 0.4) is 0 Å². The summed E-state index contributed by atoms with van der Waals surface area (Å²) < 4.78 is 57.9. The van der Waals surface area contributed by atoms with Gasteiger partial charge in [-0.3, -0.25) is 0 Å². The fraction of sp³-hybridized carbons (Fsp3) is 0.600. The Morgan fingerprint density at radius 2 is 1.73 bits per heavy atom. The number of methoxy groups -OCH3 is 1. The molecule has 0 saturated carbocycles. The maximum absolute atomic E-state index is 14.1. The number of ether oxygens (including phenoxy) is 1. The maximum atomic E-state index is 14.1. The molecule has 0 radical (unpaired) electrons. The van der Waals surface area contributed by atoms with Crippen molar-refractivity contribution in [3.8, 4) is 5.75 Å². The zero-order valence-electron chi connectivity index (χ0n) is 12.9. The van der Waals surface area contributed by atoms with Crippen LogP contribution >= 0.6 is 0 Å². The molecule has 0 heterocycles. The van der Waals surface area contributed by atoms with Crippen LogP contribution in [0.4, 0.5) is 17.6 Å². The average Bonchev–Trinajstić information content (AvgIpc) is 2.39. The van der Waals surface area contributed by atoms with Gasteiger partial charge in [0.05, 0.1) is 13.7 Å². The van der Waals surface area contributed by atoms with Crippen LogP contribution in [-0.2, 0) is 5.41 Å². The number of aliphatic hydroxyl groups excluding tert-OH is 1. The molecule has 0 saturated heterocycles. The lowest BCUT2D eigenvalue weighted by atomic mass is 9.74. The number of halogens is 4. The van der Waals surface area contributed by atoms with E-state index < -0.39 is 36.0 Å². The highest BCUT2D eigenvalue weighted by Gasteiger charge is 2.56. The van der Waals surface area contributed by atoms with Gasteiger partial charge in [-0.15, -0.1) is 0 Å². The lowest BCUT2D eigenvalue weighted by molar-refractivity contribution is -0.277. The molecule has 1 rings (SSSR count). The smallest absolute Gasteiger partial charge is 0.419 e. The van der Waals surface area contributed by atoms with Crippen molar-refractivity contribution in [1.82, 2.24) is 0 Å². The van der Waals surface area contributed by atoms with E-state index in [9.17, 15) is 22.7 Å². The molecule has 22 heavy (non-hydrogen) atoms. The minimum absolute atomic E-state index is 0.160. The number of aliphatic hydroxyl groups is 2. The molecule has 1 atom stereocenters. The van der Waals surface area contributed by atoms with Crippen LogP contribution in [-0.4, -0.2) is 35.7 Å². The van der Waals surface area contributed by atoms with Crippen molar-refractivity contribution in [3.05, 3.63) is 29.1 Å². The molecule has 0 aromatic heterocycles. The summed E-state index contributed by atoms with van der Waals surface area (Å²) in [6.07, 6.45) is -5.84. The number of aryl methyl sites for hydroxylation is 1. The van der Waals surface area contributed by atoms with Crippen molar-refractivity contribution >= 4 is 0 Å². The van der Waals surface area contributed by atoms with Gasteiger partial charge in [0.1, 0.15) is 0 Å².